The van der Waals surface area contributed by atoms with E-state index in [2.05, 4.69) is 5.32 Å². The molecule has 8 heteroatoms. The van der Waals surface area contributed by atoms with Crippen LogP contribution in [0, 0.1) is 0 Å². The summed E-state index contributed by atoms with van der Waals surface area (Å²) in [5.41, 5.74) is 1.77. The van der Waals surface area contributed by atoms with Gasteiger partial charge in [0.15, 0.2) is 0 Å². The fraction of sp³-hybridized carbons (Fsp3) is 0.250. The largest absolute Gasteiger partial charge is 0.330 e. The minimum absolute atomic E-state index is 0.101. The molecule has 6 nitrogen and oxygen atoms in total. The number of hydrogen-bond donors (Lipinski definition) is 1. The van der Waals surface area contributed by atoms with Crippen LogP contribution in [-0.2, 0) is 10.2 Å². The van der Waals surface area contributed by atoms with Crippen LogP contribution in [-0.4, -0.2) is 39.6 Å². The third-order valence-electron chi connectivity index (χ3n) is 5.92. The number of benzene rings is 3. The van der Waals surface area contributed by atoms with Crippen molar-refractivity contribution in [3.8, 4) is 5.69 Å². The lowest BCUT2D eigenvalue weighted by Gasteiger charge is -2.21. The lowest BCUT2D eigenvalue weighted by atomic mass is 9.92. The van der Waals surface area contributed by atoms with Crippen LogP contribution in [0.1, 0.15) is 43.7 Å². The van der Waals surface area contributed by atoms with Crippen LogP contribution in [0.3, 0.4) is 0 Å². The van der Waals surface area contributed by atoms with E-state index in [4.69, 9.17) is 28.3 Å². The summed E-state index contributed by atoms with van der Waals surface area (Å²) in [6.45, 7) is 8.27. The molecule has 36 heavy (non-hydrogen) atoms. The number of nitrogens with zero attached hydrogens (tertiary/aromatic N) is 3. The van der Waals surface area contributed by atoms with Gasteiger partial charge in [-0.05, 0) is 42.0 Å². The van der Waals surface area contributed by atoms with Crippen molar-refractivity contribution in [2.45, 2.75) is 33.1 Å². The van der Waals surface area contributed by atoms with Gasteiger partial charge in [-0.2, -0.15) is 5.10 Å². The molecule has 0 unspecified atom stereocenters. The highest BCUT2D eigenvalue weighted by atomic mass is 35.5. The molecule has 186 valence electrons. The summed E-state index contributed by atoms with van der Waals surface area (Å²) in [5, 5.41) is 10.3. The minimum atomic E-state index is -0.327. The van der Waals surface area contributed by atoms with E-state index in [1.165, 1.54) is 4.90 Å². The van der Waals surface area contributed by atoms with Gasteiger partial charge in [0.1, 0.15) is 12.4 Å². The van der Waals surface area contributed by atoms with Gasteiger partial charge in [0.05, 0.1) is 21.4 Å². The Morgan fingerprint density at radius 2 is 1.69 bits per heavy atom. The average molecular weight is 523 g/mol. The lowest BCUT2D eigenvalue weighted by Crippen LogP contribution is -2.38. The zero-order valence-corrected chi connectivity index (χ0v) is 22.2. The molecule has 0 aliphatic rings. The number of likely N-dealkylation sites (N-methyl/N-ethyl adjacent to an activating group) is 1. The predicted octanol–water partition coefficient (Wildman–Crippen LogP) is 6.73. The molecule has 0 aliphatic carbocycles. The Balaban J connectivity index is 1.60. The third kappa shape index (κ3) is 5.40. The maximum absolute atomic E-state index is 13.4. The van der Waals surface area contributed by atoms with Crippen LogP contribution < -0.4 is 5.32 Å². The number of carbonyl (C=O) groups excluding carboxylic acids is 2. The normalized spacial score (nSPS) is 11.5. The van der Waals surface area contributed by atoms with Crippen LogP contribution in [0.25, 0.3) is 16.5 Å². The molecule has 1 N–H and O–H groups in total. The number of carbonyl (C=O) groups is 2. The van der Waals surface area contributed by atoms with E-state index in [1.807, 2.05) is 70.2 Å². The summed E-state index contributed by atoms with van der Waals surface area (Å²) in [6.07, 6.45) is 0. The fourth-order valence-corrected chi connectivity index (χ4v) is 4.21. The molecule has 0 fully saturated rings. The number of halogens is 2. The lowest BCUT2D eigenvalue weighted by molar-refractivity contribution is -0.116. The second-order valence-electron chi connectivity index (χ2n) is 9.57. The molecule has 0 atom stereocenters. The summed E-state index contributed by atoms with van der Waals surface area (Å²) in [5.74, 6) is -0.0399. The first-order chi connectivity index (χ1) is 17.1. The zero-order chi connectivity index (χ0) is 26.0. The Labute approximate surface area is 220 Å². The first-order valence-corrected chi connectivity index (χ1v) is 12.5. The van der Waals surface area contributed by atoms with Gasteiger partial charge in [0, 0.05) is 23.6 Å². The maximum Gasteiger partial charge on any atom is 0.254 e. The number of nitrogens with one attached hydrogen (secondary N) is 1. The maximum atomic E-state index is 13.4. The number of fused-ring (bicyclic) bond motifs is 1. The van der Waals surface area contributed by atoms with E-state index in [1.54, 1.807) is 28.9 Å². The van der Waals surface area contributed by atoms with Gasteiger partial charge in [-0.3, -0.25) is 9.59 Å². The third-order valence-corrected chi connectivity index (χ3v) is 6.66. The number of hydrogen-bond acceptors (Lipinski definition) is 3. The van der Waals surface area contributed by atoms with Gasteiger partial charge >= 0.3 is 0 Å². The van der Waals surface area contributed by atoms with Crippen molar-refractivity contribution in [3.05, 3.63) is 88.0 Å². The van der Waals surface area contributed by atoms with Crippen LogP contribution >= 0.6 is 23.2 Å². The second-order valence-corrected chi connectivity index (χ2v) is 10.4. The summed E-state index contributed by atoms with van der Waals surface area (Å²) in [7, 11) is 0. The molecular formula is C28H28Cl2N4O2. The highest BCUT2D eigenvalue weighted by molar-refractivity contribution is 6.42. The molecule has 4 rings (SSSR count). The Bertz CT molecular complexity index is 1430. The average Bonchev–Trinajstić information content (AvgIpc) is 3.27. The molecule has 1 aromatic heterocycles. The molecule has 0 bridgehead atoms. The van der Waals surface area contributed by atoms with Crippen LogP contribution in [0.2, 0.25) is 10.0 Å². The van der Waals surface area contributed by atoms with Crippen LogP contribution in [0.4, 0.5) is 5.82 Å². The number of anilines is 1. The first kappa shape index (κ1) is 25.7. The van der Waals surface area contributed by atoms with Gasteiger partial charge < -0.3 is 10.2 Å². The quantitative estimate of drug-likeness (QED) is 0.305. The van der Waals surface area contributed by atoms with E-state index in [0.717, 1.165) is 16.5 Å². The van der Waals surface area contributed by atoms with E-state index < -0.39 is 0 Å². The van der Waals surface area contributed by atoms with Crippen LogP contribution in [0.15, 0.2) is 66.7 Å². The van der Waals surface area contributed by atoms with Crippen molar-refractivity contribution in [2.75, 3.05) is 18.4 Å². The Kier molecular flexibility index (Phi) is 7.38. The predicted molar refractivity (Wildman–Crippen MR) is 146 cm³/mol. The SMILES string of the molecule is CCN(CC(=O)Nc1cc(C(C)(C)C)nn1-c1ccc(Cl)c(Cl)c1)C(=O)c1cccc2ccccc12. The van der Waals surface area contributed by atoms with Crippen LogP contribution in [0.5, 0.6) is 0 Å². The number of amides is 2. The second kappa shape index (κ2) is 10.3. The van der Waals surface area contributed by atoms with Crippen molar-refractivity contribution < 1.29 is 9.59 Å². The summed E-state index contributed by atoms with van der Waals surface area (Å²) in [6, 6.07) is 20.3. The highest BCUT2D eigenvalue weighted by Crippen LogP contribution is 2.29. The molecule has 4 aromatic rings. The molecule has 1 heterocycles. The molecule has 0 saturated heterocycles. The van der Waals surface area contributed by atoms with Gasteiger partial charge in [-0.1, -0.05) is 80.4 Å². The van der Waals surface area contributed by atoms with Crippen molar-refractivity contribution in [1.82, 2.24) is 14.7 Å². The smallest absolute Gasteiger partial charge is 0.254 e. The van der Waals surface area contributed by atoms with Gasteiger partial charge in [0.2, 0.25) is 5.91 Å². The molecule has 0 saturated carbocycles. The Morgan fingerprint density at radius 3 is 2.39 bits per heavy atom. The highest BCUT2D eigenvalue weighted by Gasteiger charge is 2.24. The van der Waals surface area contributed by atoms with Crippen molar-refractivity contribution in [3.63, 3.8) is 0 Å². The summed E-state index contributed by atoms with van der Waals surface area (Å²) < 4.78 is 1.63. The topological polar surface area (TPSA) is 67.2 Å². The summed E-state index contributed by atoms with van der Waals surface area (Å²) >= 11 is 12.3. The Hall–Kier alpha value is -3.35. The molecule has 0 spiro atoms. The van der Waals surface area contributed by atoms with Gasteiger partial charge in [-0.15, -0.1) is 0 Å². The number of rotatable bonds is 6. The number of aromatic nitrogens is 2. The van der Waals surface area contributed by atoms with E-state index >= 15 is 0 Å². The molecule has 2 amide bonds. The van der Waals surface area contributed by atoms with E-state index in [0.29, 0.717) is 33.7 Å². The standard InChI is InChI=1S/C28H28Cl2N4O2/c1-5-33(27(36)21-12-8-10-18-9-6-7-11-20(18)21)17-26(35)31-25-16-24(28(2,3)4)32-34(25)19-13-14-22(29)23(30)15-19/h6-16H,5,17H2,1-4H3,(H,31,35). The van der Waals surface area contributed by atoms with Crippen molar-refractivity contribution >= 4 is 51.6 Å². The van der Waals surface area contributed by atoms with Crippen molar-refractivity contribution in [1.29, 1.82) is 0 Å². The van der Waals surface area contributed by atoms with Gasteiger partial charge in [-0.25, -0.2) is 4.68 Å². The monoisotopic (exact) mass is 522 g/mol. The molecule has 3 aromatic carbocycles. The summed E-state index contributed by atoms with van der Waals surface area (Å²) in [4.78, 5) is 28.1. The zero-order valence-electron chi connectivity index (χ0n) is 20.7. The minimum Gasteiger partial charge on any atom is -0.330 e. The van der Waals surface area contributed by atoms with Gasteiger partial charge in [0.25, 0.3) is 5.91 Å². The van der Waals surface area contributed by atoms with E-state index in [9.17, 15) is 9.59 Å². The fourth-order valence-electron chi connectivity index (χ4n) is 3.92. The Morgan fingerprint density at radius 1 is 0.972 bits per heavy atom. The first-order valence-electron chi connectivity index (χ1n) is 11.7. The molecule has 0 radical (unpaired) electrons. The molecule has 0 aliphatic heterocycles. The van der Waals surface area contributed by atoms with Crippen molar-refractivity contribution in [2.24, 2.45) is 0 Å². The molecular weight excluding hydrogens is 495 g/mol. The van der Waals surface area contributed by atoms with E-state index in [-0.39, 0.29) is 23.8 Å².